The molecule has 1 aromatic rings. The van der Waals surface area contributed by atoms with Crippen molar-refractivity contribution in [2.75, 3.05) is 0 Å². The molecule has 92 valence electrons. The van der Waals surface area contributed by atoms with E-state index in [1.165, 1.54) is 6.92 Å². The summed E-state index contributed by atoms with van der Waals surface area (Å²) >= 11 is 0. The fourth-order valence-electron chi connectivity index (χ4n) is 1.40. The molecule has 6 nitrogen and oxygen atoms in total. The van der Waals surface area contributed by atoms with Crippen molar-refractivity contribution < 1.29 is 23.6 Å². The normalized spacial score (nSPS) is 10.6. The Bertz CT molecular complexity index is 476. The third kappa shape index (κ3) is 2.92. The number of carboxylic acid groups (broad SMARTS) is 1. The molecule has 0 bridgehead atoms. The minimum atomic E-state index is -2.92. The van der Waals surface area contributed by atoms with E-state index in [9.17, 15) is 23.7 Å². The van der Waals surface area contributed by atoms with Crippen LogP contribution < -0.4 is 0 Å². The van der Waals surface area contributed by atoms with Crippen LogP contribution in [0, 0.1) is 17.0 Å². The van der Waals surface area contributed by atoms with Gasteiger partial charge in [-0.25, -0.2) is 8.78 Å². The maximum atomic E-state index is 12.7. The highest BCUT2D eigenvalue weighted by Crippen LogP contribution is 2.28. The molecule has 0 aliphatic heterocycles. The molecule has 0 saturated heterocycles. The molecule has 0 amide bonds. The molecule has 17 heavy (non-hydrogen) atoms. The Morgan fingerprint density at radius 2 is 2.24 bits per heavy atom. The zero-order valence-electron chi connectivity index (χ0n) is 8.68. The average molecular weight is 246 g/mol. The molecule has 0 radical (unpaired) electrons. The molecule has 1 rings (SSSR count). The predicted molar refractivity (Wildman–Crippen MR) is 51.9 cm³/mol. The summed E-state index contributed by atoms with van der Waals surface area (Å²) in [5, 5.41) is 19.0. The van der Waals surface area contributed by atoms with Crippen LogP contribution in [0.15, 0.2) is 6.07 Å². The molecule has 0 aliphatic rings. The third-order valence-electron chi connectivity index (χ3n) is 2.05. The van der Waals surface area contributed by atoms with Crippen molar-refractivity contribution in [3.8, 4) is 0 Å². The van der Waals surface area contributed by atoms with E-state index in [0.717, 1.165) is 6.07 Å². The molecule has 1 N–H and O–H groups in total. The van der Waals surface area contributed by atoms with Crippen LogP contribution in [-0.4, -0.2) is 21.0 Å². The van der Waals surface area contributed by atoms with Crippen LogP contribution >= 0.6 is 0 Å². The van der Waals surface area contributed by atoms with Crippen molar-refractivity contribution >= 4 is 11.8 Å². The van der Waals surface area contributed by atoms with Gasteiger partial charge in [-0.3, -0.25) is 4.79 Å². The lowest BCUT2D eigenvalue weighted by Crippen LogP contribution is -2.10. The quantitative estimate of drug-likeness (QED) is 0.646. The van der Waals surface area contributed by atoms with Crippen molar-refractivity contribution in [1.82, 2.24) is 4.98 Å². The van der Waals surface area contributed by atoms with Crippen molar-refractivity contribution in [2.24, 2.45) is 0 Å². The van der Waals surface area contributed by atoms with Gasteiger partial charge >= 0.3 is 11.8 Å². The van der Waals surface area contributed by atoms with Gasteiger partial charge in [0.15, 0.2) is 5.69 Å². The van der Waals surface area contributed by atoms with Crippen LogP contribution in [0.1, 0.15) is 23.2 Å². The number of hydrogen-bond acceptors (Lipinski definition) is 4. The highest BCUT2D eigenvalue weighted by molar-refractivity contribution is 5.70. The summed E-state index contributed by atoms with van der Waals surface area (Å²) in [5.41, 5.74) is -1.07. The van der Waals surface area contributed by atoms with E-state index >= 15 is 0 Å². The van der Waals surface area contributed by atoms with Gasteiger partial charge in [0.1, 0.15) is 6.42 Å². The van der Waals surface area contributed by atoms with E-state index in [0.29, 0.717) is 0 Å². The monoisotopic (exact) mass is 246 g/mol. The number of rotatable bonds is 4. The van der Waals surface area contributed by atoms with Crippen LogP contribution in [0.25, 0.3) is 0 Å². The first-order chi connectivity index (χ1) is 7.82. The van der Waals surface area contributed by atoms with Gasteiger partial charge in [0.25, 0.3) is 6.43 Å². The summed E-state index contributed by atoms with van der Waals surface area (Å²) in [7, 11) is 0. The first-order valence-corrected chi connectivity index (χ1v) is 4.47. The largest absolute Gasteiger partial charge is 0.481 e. The lowest BCUT2D eigenvalue weighted by atomic mass is 10.1. The van der Waals surface area contributed by atoms with Crippen molar-refractivity contribution in [3.63, 3.8) is 0 Å². The van der Waals surface area contributed by atoms with Gasteiger partial charge in [-0.05, 0) is 22.4 Å². The van der Waals surface area contributed by atoms with Gasteiger partial charge < -0.3 is 15.2 Å². The summed E-state index contributed by atoms with van der Waals surface area (Å²) in [6.07, 6.45) is -3.69. The Balaban J connectivity index is 3.38. The zero-order chi connectivity index (χ0) is 13.2. The molecule has 8 heteroatoms. The first-order valence-electron chi connectivity index (χ1n) is 4.47. The molecule has 1 heterocycles. The maximum absolute atomic E-state index is 12.7. The number of aromatic nitrogens is 1. The lowest BCUT2D eigenvalue weighted by Gasteiger charge is -2.06. The molecular weight excluding hydrogens is 238 g/mol. The number of aliphatic carboxylic acids is 1. The van der Waals surface area contributed by atoms with Gasteiger partial charge in [0.05, 0.1) is 5.56 Å². The summed E-state index contributed by atoms with van der Waals surface area (Å²) in [6, 6.07) is 0.896. The highest BCUT2D eigenvalue weighted by atomic mass is 19.3. The first kappa shape index (κ1) is 12.9. The summed E-state index contributed by atoms with van der Waals surface area (Å²) < 4.78 is 25.3. The third-order valence-corrected chi connectivity index (χ3v) is 2.05. The zero-order valence-corrected chi connectivity index (χ0v) is 8.68. The Morgan fingerprint density at radius 1 is 1.65 bits per heavy atom. The summed E-state index contributed by atoms with van der Waals surface area (Å²) in [6.45, 7) is 1.25. The predicted octanol–water partition coefficient (Wildman–Crippen LogP) is 1.86. The molecule has 0 spiro atoms. The Morgan fingerprint density at radius 3 is 2.65 bits per heavy atom. The van der Waals surface area contributed by atoms with Gasteiger partial charge in [-0.2, -0.15) is 0 Å². The number of halogens is 2. The smallest absolute Gasteiger partial charge is 0.363 e. The van der Waals surface area contributed by atoms with Crippen molar-refractivity contribution in [3.05, 3.63) is 33.0 Å². The van der Waals surface area contributed by atoms with E-state index in [4.69, 9.17) is 5.11 Å². The topological polar surface area (TPSA) is 93.3 Å². The molecule has 0 unspecified atom stereocenters. The minimum absolute atomic E-state index is 0.0436. The van der Waals surface area contributed by atoms with Crippen LogP contribution in [0.2, 0.25) is 0 Å². The number of carbonyl (C=O) groups is 1. The SMILES string of the molecule is Cc1cc([N+](=O)[O-])nc(CC(=O)O)c1C(F)F. The van der Waals surface area contributed by atoms with Gasteiger partial charge in [-0.1, -0.05) is 0 Å². The number of pyridine rings is 1. The molecule has 1 aromatic heterocycles. The minimum Gasteiger partial charge on any atom is -0.481 e. The second-order valence-corrected chi connectivity index (χ2v) is 3.29. The second kappa shape index (κ2) is 4.81. The lowest BCUT2D eigenvalue weighted by molar-refractivity contribution is -0.389. The number of hydrogen-bond donors (Lipinski definition) is 1. The van der Waals surface area contributed by atoms with Crippen LogP contribution in [0.4, 0.5) is 14.6 Å². The fraction of sp³-hybridized carbons (Fsp3) is 0.333. The van der Waals surface area contributed by atoms with Gasteiger partial charge in [-0.15, -0.1) is 0 Å². The van der Waals surface area contributed by atoms with Crippen LogP contribution in [0.5, 0.6) is 0 Å². The molecule has 0 saturated carbocycles. The van der Waals surface area contributed by atoms with Gasteiger partial charge in [0, 0.05) is 6.07 Å². The van der Waals surface area contributed by atoms with E-state index in [1.54, 1.807) is 0 Å². The van der Waals surface area contributed by atoms with E-state index < -0.39 is 40.8 Å². The number of nitro groups is 1. The van der Waals surface area contributed by atoms with E-state index in [2.05, 4.69) is 4.98 Å². The van der Waals surface area contributed by atoms with E-state index in [1.807, 2.05) is 0 Å². The number of carboxylic acids is 1. The second-order valence-electron chi connectivity index (χ2n) is 3.29. The van der Waals surface area contributed by atoms with E-state index in [-0.39, 0.29) is 5.56 Å². The summed E-state index contributed by atoms with van der Waals surface area (Å²) in [4.78, 5) is 23.4. The molecular formula is C9H8F2N2O4. The molecule has 0 aliphatic carbocycles. The Labute approximate surface area is 94.1 Å². The van der Waals surface area contributed by atoms with Crippen LogP contribution in [-0.2, 0) is 11.2 Å². The maximum Gasteiger partial charge on any atom is 0.363 e. The van der Waals surface area contributed by atoms with Crippen molar-refractivity contribution in [1.29, 1.82) is 0 Å². The highest BCUT2D eigenvalue weighted by Gasteiger charge is 2.26. The molecule has 0 atom stereocenters. The standard InChI is InChI=1S/C9H8F2N2O4/c1-4-2-6(13(16)17)12-5(3-7(14)15)8(4)9(10)11/h2,9H,3H2,1H3,(H,14,15). The number of nitrogens with zero attached hydrogens (tertiary/aromatic N) is 2. The molecule has 0 aromatic carbocycles. The average Bonchev–Trinajstić information content (AvgIpc) is 2.14. The Kier molecular flexibility index (Phi) is 3.66. The summed E-state index contributed by atoms with van der Waals surface area (Å²) in [5.74, 6) is -2.01. The fourth-order valence-corrected chi connectivity index (χ4v) is 1.40. The van der Waals surface area contributed by atoms with Crippen molar-refractivity contribution in [2.45, 2.75) is 19.8 Å². The Hall–Kier alpha value is -2.12. The number of alkyl halides is 2. The van der Waals surface area contributed by atoms with Gasteiger partial charge in [0.2, 0.25) is 0 Å². The number of aryl methyl sites for hydroxylation is 1. The van der Waals surface area contributed by atoms with Crippen LogP contribution in [0.3, 0.4) is 0 Å². The molecule has 0 fully saturated rings.